The van der Waals surface area contributed by atoms with E-state index in [0.29, 0.717) is 38.3 Å². The van der Waals surface area contributed by atoms with Gasteiger partial charge in [0.15, 0.2) is 0 Å². The van der Waals surface area contributed by atoms with Gasteiger partial charge in [-0.15, -0.1) is 0 Å². The van der Waals surface area contributed by atoms with Gasteiger partial charge < -0.3 is 15.1 Å². The van der Waals surface area contributed by atoms with Crippen LogP contribution in [0.15, 0.2) is 54.6 Å². The van der Waals surface area contributed by atoms with E-state index in [0.717, 1.165) is 11.1 Å². The second kappa shape index (κ2) is 9.17. The lowest BCUT2D eigenvalue weighted by Crippen LogP contribution is -2.50. The fraction of sp³-hybridized carbons (Fsp3) is 0.318. The molecule has 146 valence electrons. The van der Waals surface area contributed by atoms with Crippen LogP contribution in [0.4, 0.5) is 0 Å². The lowest BCUT2D eigenvalue weighted by Gasteiger charge is -2.34. The van der Waals surface area contributed by atoms with Gasteiger partial charge in [-0.25, -0.2) is 0 Å². The Morgan fingerprint density at radius 3 is 2.00 bits per heavy atom. The minimum atomic E-state index is -0.186. The Bertz CT molecular complexity index is 826. The lowest BCUT2D eigenvalue weighted by molar-refractivity contribution is -0.138. The quantitative estimate of drug-likeness (QED) is 0.866. The Balaban J connectivity index is 1.44. The van der Waals surface area contributed by atoms with Crippen LogP contribution < -0.4 is 5.32 Å². The van der Waals surface area contributed by atoms with Gasteiger partial charge in [0, 0.05) is 51.6 Å². The maximum absolute atomic E-state index is 12.3. The zero-order chi connectivity index (χ0) is 19.9. The molecule has 6 heteroatoms. The van der Waals surface area contributed by atoms with Gasteiger partial charge in [-0.1, -0.05) is 42.5 Å². The van der Waals surface area contributed by atoms with Crippen LogP contribution in [0.2, 0.25) is 0 Å². The van der Waals surface area contributed by atoms with Crippen LogP contribution in [-0.4, -0.2) is 60.2 Å². The molecule has 2 aromatic carbocycles. The summed E-state index contributed by atoms with van der Waals surface area (Å²) < 4.78 is 0. The molecule has 0 saturated carbocycles. The van der Waals surface area contributed by atoms with Gasteiger partial charge in [-0.2, -0.15) is 0 Å². The molecule has 0 radical (unpaired) electrons. The van der Waals surface area contributed by atoms with Gasteiger partial charge in [-0.05, 0) is 23.3 Å². The Morgan fingerprint density at radius 1 is 0.821 bits per heavy atom. The maximum atomic E-state index is 12.3. The number of nitrogens with one attached hydrogen (secondary N) is 1. The van der Waals surface area contributed by atoms with Gasteiger partial charge in [0.25, 0.3) is 5.91 Å². The summed E-state index contributed by atoms with van der Waals surface area (Å²) in [6.45, 7) is 4.08. The highest BCUT2D eigenvalue weighted by Gasteiger charge is 2.22. The summed E-state index contributed by atoms with van der Waals surface area (Å²) >= 11 is 0. The molecular weight excluding hydrogens is 354 g/mol. The summed E-state index contributed by atoms with van der Waals surface area (Å²) in [6, 6.07) is 17.4. The number of rotatable bonds is 5. The molecule has 1 N–H and O–H groups in total. The zero-order valence-electron chi connectivity index (χ0n) is 16.1. The minimum Gasteiger partial charge on any atom is -0.352 e. The fourth-order valence-electron chi connectivity index (χ4n) is 3.26. The average Bonchev–Trinajstić information content (AvgIpc) is 2.74. The van der Waals surface area contributed by atoms with Crippen molar-refractivity contribution in [3.63, 3.8) is 0 Å². The average molecular weight is 379 g/mol. The molecule has 0 aromatic heterocycles. The van der Waals surface area contributed by atoms with E-state index in [9.17, 15) is 14.4 Å². The Kier molecular flexibility index (Phi) is 6.42. The first-order valence-electron chi connectivity index (χ1n) is 9.51. The predicted octanol–water partition coefficient (Wildman–Crippen LogP) is 2.16. The van der Waals surface area contributed by atoms with E-state index in [2.05, 4.69) is 5.32 Å². The monoisotopic (exact) mass is 379 g/mol. The molecule has 1 saturated heterocycles. The zero-order valence-corrected chi connectivity index (χ0v) is 16.1. The smallest absolute Gasteiger partial charge is 0.251 e. The number of benzene rings is 2. The largest absolute Gasteiger partial charge is 0.352 e. The van der Waals surface area contributed by atoms with Crippen LogP contribution in [0, 0.1) is 0 Å². The standard InChI is InChI=1S/C22H25N3O3/c1-17(26)24-13-15-25(16-14-24)21(27)11-12-23-22(28)20-9-7-19(8-10-20)18-5-3-2-4-6-18/h2-10H,11-16H2,1H3,(H,23,28). The van der Waals surface area contributed by atoms with Crippen molar-refractivity contribution in [3.8, 4) is 11.1 Å². The first-order chi connectivity index (χ1) is 13.5. The molecule has 3 rings (SSSR count). The van der Waals surface area contributed by atoms with Gasteiger partial charge >= 0.3 is 0 Å². The van der Waals surface area contributed by atoms with Crippen molar-refractivity contribution in [1.29, 1.82) is 0 Å². The van der Waals surface area contributed by atoms with Crippen molar-refractivity contribution in [3.05, 3.63) is 60.2 Å². The topological polar surface area (TPSA) is 69.7 Å². The molecule has 0 aliphatic carbocycles. The van der Waals surface area contributed by atoms with E-state index in [4.69, 9.17) is 0 Å². The van der Waals surface area contributed by atoms with Gasteiger partial charge in [0.05, 0.1) is 0 Å². The highest BCUT2D eigenvalue weighted by atomic mass is 16.2. The molecule has 1 fully saturated rings. The molecule has 0 bridgehead atoms. The number of hydrogen-bond donors (Lipinski definition) is 1. The number of carbonyl (C=O) groups is 3. The summed E-state index contributed by atoms with van der Waals surface area (Å²) in [5.74, 6) is -0.144. The van der Waals surface area contributed by atoms with Crippen molar-refractivity contribution >= 4 is 17.7 Å². The lowest BCUT2D eigenvalue weighted by atomic mass is 10.0. The maximum Gasteiger partial charge on any atom is 0.251 e. The molecule has 28 heavy (non-hydrogen) atoms. The van der Waals surface area contributed by atoms with Crippen LogP contribution in [-0.2, 0) is 9.59 Å². The normalized spacial score (nSPS) is 13.9. The number of hydrogen-bond acceptors (Lipinski definition) is 3. The fourth-order valence-corrected chi connectivity index (χ4v) is 3.26. The van der Waals surface area contributed by atoms with Crippen LogP contribution >= 0.6 is 0 Å². The van der Waals surface area contributed by atoms with Crippen molar-refractivity contribution in [2.75, 3.05) is 32.7 Å². The van der Waals surface area contributed by atoms with E-state index in [1.807, 2.05) is 42.5 Å². The number of nitrogens with zero attached hydrogens (tertiary/aromatic N) is 2. The van der Waals surface area contributed by atoms with E-state index in [1.165, 1.54) is 0 Å². The van der Waals surface area contributed by atoms with Crippen LogP contribution in [0.25, 0.3) is 11.1 Å². The predicted molar refractivity (Wildman–Crippen MR) is 108 cm³/mol. The second-order valence-electron chi connectivity index (χ2n) is 6.84. The molecule has 1 heterocycles. The first-order valence-corrected chi connectivity index (χ1v) is 9.51. The van der Waals surface area contributed by atoms with Crippen LogP contribution in [0.1, 0.15) is 23.7 Å². The Morgan fingerprint density at radius 2 is 1.39 bits per heavy atom. The third-order valence-electron chi connectivity index (χ3n) is 4.96. The van der Waals surface area contributed by atoms with Gasteiger partial charge in [-0.3, -0.25) is 14.4 Å². The van der Waals surface area contributed by atoms with Crippen molar-refractivity contribution in [2.45, 2.75) is 13.3 Å². The van der Waals surface area contributed by atoms with E-state index >= 15 is 0 Å². The van der Waals surface area contributed by atoms with Gasteiger partial charge in [0.2, 0.25) is 11.8 Å². The first kappa shape index (κ1) is 19.6. The van der Waals surface area contributed by atoms with Crippen LogP contribution in [0.5, 0.6) is 0 Å². The summed E-state index contributed by atoms with van der Waals surface area (Å²) in [6.07, 6.45) is 0.258. The molecular formula is C22H25N3O3. The SMILES string of the molecule is CC(=O)N1CCN(C(=O)CCNC(=O)c2ccc(-c3ccccc3)cc2)CC1. The highest BCUT2D eigenvalue weighted by Crippen LogP contribution is 2.19. The molecule has 6 nitrogen and oxygen atoms in total. The van der Waals surface area contributed by atoms with Crippen molar-refractivity contribution in [1.82, 2.24) is 15.1 Å². The molecule has 0 unspecified atom stereocenters. The van der Waals surface area contributed by atoms with Gasteiger partial charge in [0.1, 0.15) is 0 Å². The Hall–Kier alpha value is -3.15. The van der Waals surface area contributed by atoms with Crippen molar-refractivity contribution in [2.24, 2.45) is 0 Å². The molecule has 0 atom stereocenters. The number of piperazine rings is 1. The third kappa shape index (κ3) is 4.97. The summed E-state index contributed by atoms with van der Waals surface area (Å²) in [5.41, 5.74) is 2.73. The number of amides is 3. The number of carbonyl (C=O) groups excluding carboxylic acids is 3. The molecule has 3 amide bonds. The van der Waals surface area contributed by atoms with E-state index in [1.54, 1.807) is 28.9 Å². The summed E-state index contributed by atoms with van der Waals surface area (Å²) in [4.78, 5) is 39.4. The van der Waals surface area contributed by atoms with E-state index < -0.39 is 0 Å². The summed E-state index contributed by atoms with van der Waals surface area (Å²) in [7, 11) is 0. The second-order valence-corrected chi connectivity index (χ2v) is 6.84. The molecule has 0 spiro atoms. The Labute approximate surface area is 165 Å². The van der Waals surface area contributed by atoms with Crippen LogP contribution in [0.3, 0.4) is 0 Å². The molecule has 2 aromatic rings. The van der Waals surface area contributed by atoms with Crippen molar-refractivity contribution < 1.29 is 14.4 Å². The molecule has 1 aliphatic rings. The minimum absolute atomic E-state index is 0.00271. The molecule has 1 aliphatic heterocycles. The van der Waals surface area contributed by atoms with E-state index in [-0.39, 0.29) is 24.1 Å². The summed E-state index contributed by atoms with van der Waals surface area (Å²) in [5, 5.41) is 2.80. The third-order valence-corrected chi connectivity index (χ3v) is 4.96. The highest BCUT2D eigenvalue weighted by molar-refractivity contribution is 5.95.